The molecule has 0 fully saturated rings. The van der Waals surface area contributed by atoms with E-state index in [9.17, 15) is 4.79 Å². The first kappa shape index (κ1) is 10.1. The van der Waals surface area contributed by atoms with Crippen molar-refractivity contribution in [1.29, 1.82) is 0 Å². The standard InChI is InChI=1S/C11H9ClO3/c1-6-3-11(13)15-9-5-8(12)10(14-2)4-7(6)9/h3-5H,1-2H3. The summed E-state index contributed by atoms with van der Waals surface area (Å²) in [6, 6.07) is 4.79. The van der Waals surface area contributed by atoms with Crippen LogP contribution in [0.25, 0.3) is 11.0 Å². The van der Waals surface area contributed by atoms with Gasteiger partial charge in [-0.15, -0.1) is 0 Å². The van der Waals surface area contributed by atoms with Crippen LogP contribution in [0, 0.1) is 6.92 Å². The van der Waals surface area contributed by atoms with Crippen molar-refractivity contribution in [3.8, 4) is 5.75 Å². The van der Waals surface area contributed by atoms with Crippen LogP contribution < -0.4 is 10.4 Å². The molecular weight excluding hydrogens is 216 g/mol. The lowest BCUT2D eigenvalue weighted by Crippen LogP contribution is -1.98. The summed E-state index contributed by atoms with van der Waals surface area (Å²) in [7, 11) is 1.54. The number of ether oxygens (including phenoxy) is 1. The Morgan fingerprint density at radius 1 is 1.33 bits per heavy atom. The molecule has 15 heavy (non-hydrogen) atoms. The molecule has 0 bridgehead atoms. The van der Waals surface area contributed by atoms with Crippen molar-refractivity contribution in [2.75, 3.05) is 7.11 Å². The van der Waals surface area contributed by atoms with Crippen molar-refractivity contribution in [2.24, 2.45) is 0 Å². The zero-order valence-corrected chi connectivity index (χ0v) is 9.09. The monoisotopic (exact) mass is 224 g/mol. The molecule has 0 aliphatic heterocycles. The molecule has 0 atom stereocenters. The molecule has 2 rings (SSSR count). The first-order valence-corrected chi connectivity index (χ1v) is 4.77. The van der Waals surface area contributed by atoms with Gasteiger partial charge in [-0.1, -0.05) is 11.6 Å². The van der Waals surface area contributed by atoms with E-state index in [0.717, 1.165) is 10.9 Å². The zero-order valence-electron chi connectivity index (χ0n) is 8.33. The van der Waals surface area contributed by atoms with Gasteiger partial charge in [-0.3, -0.25) is 0 Å². The molecule has 0 aliphatic rings. The van der Waals surface area contributed by atoms with Crippen LogP contribution >= 0.6 is 11.6 Å². The van der Waals surface area contributed by atoms with E-state index in [2.05, 4.69) is 0 Å². The van der Waals surface area contributed by atoms with Gasteiger partial charge in [-0.05, 0) is 18.6 Å². The van der Waals surface area contributed by atoms with Gasteiger partial charge < -0.3 is 9.15 Å². The van der Waals surface area contributed by atoms with Crippen molar-refractivity contribution in [3.05, 3.63) is 39.2 Å². The number of fused-ring (bicyclic) bond motifs is 1. The Labute approximate surface area is 91.2 Å². The summed E-state index contributed by atoms with van der Waals surface area (Å²) in [5.74, 6) is 0.570. The molecule has 0 saturated heterocycles. The second-order valence-electron chi connectivity index (χ2n) is 3.23. The summed E-state index contributed by atoms with van der Waals surface area (Å²) >= 11 is 5.92. The molecule has 4 heteroatoms. The summed E-state index contributed by atoms with van der Waals surface area (Å²) in [6.07, 6.45) is 0. The van der Waals surface area contributed by atoms with Crippen LogP contribution in [0.2, 0.25) is 5.02 Å². The Hall–Kier alpha value is -1.48. The molecule has 3 nitrogen and oxygen atoms in total. The normalized spacial score (nSPS) is 10.6. The van der Waals surface area contributed by atoms with E-state index in [-0.39, 0.29) is 5.63 Å². The summed E-state index contributed by atoms with van der Waals surface area (Å²) in [4.78, 5) is 11.1. The maximum absolute atomic E-state index is 11.1. The molecule has 0 amide bonds. The van der Waals surface area contributed by atoms with E-state index < -0.39 is 0 Å². The highest BCUT2D eigenvalue weighted by molar-refractivity contribution is 6.32. The fourth-order valence-electron chi connectivity index (χ4n) is 1.48. The minimum Gasteiger partial charge on any atom is -0.495 e. The molecule has 0 unspecified atom stereocenters. The summed E-state index contributed by atoms with van der Waals surface area (Å²) in [5.41, 5.74) is 0.947. The van der Waals surface area contributed by atoms with Crippen LogP contribution in [0.3, 0.4) is 0 Å². The average molecular weight is 225 g/mol. The van der Waals surface area contributed by atoms with Gasteiger partial charge in [0, 0.05) is 17.5 Å². The summed E-state index contributed by atoms with van der Waals surface area (Å²) in [5, 5.41) is 1.26. The van der Waals surface area contributed by atoms with Gasteiger partial charge in [-0.25, -0.2) is 4.79 Å². The van der Waals surface area contributed by atoms with E-state index >= 15 is 0 Å². The highest BCUT2D eigenvalue weighted by Crippen LogP contribution is 2.30. The van der Waals surface area contributed by atoms with Gasteiger partial charge >= 0.3 is 5.63 Å². The van der Waals surface area contributed by atoms with Crippen LogP contribution in [-0.2, 0) is 0 Å². The van der Waals surface area contributed by atoms with E-state index in [1.807, 2.05) is 6.92 Å². The number of aryl methyl sites for hydroxylation is 1. The van der Waals surface area contributed by atoms with Crippen LogP contribution in [0.5, 0.6) is 5.75 Å². The molecule has 0 saturated carbocycles. The van der Waals surface area contributed by atoms with Crippen LogP contribution in [0.1, 0.15) is 5.56 Å². The zero-order chi connectivity index (χ0) is 11.0. The number of rotatable bonds is 1. The second-order valence-corrected chi connectivity index (χ2v) is 3.64. The number of benzene rings is 1. The van der Waals surface area contributed by atoms with Gasteiger partial charge in [0.15, 0.2) is 0 Å². The van der Waals surface area contributed by atoms with E-state index in [1.165, 1.54) is 6.07 Å². The Bertz CT molecular complexity index is 572. The molecule has 0 N–H and O–H groups in total. The topological polar surface area (TPSA) is 39.4 Å². The highest BCUT2D eigenvalue weighted by Gasteiger charge is 2.07. The number of halogens is 1. The third-order valence-electron chi connectivity index (χ3n) is 2.22. The lowest BCUT2D eigenvalue weighted by Gasteiger charge is -2.05. The van der Waals surface area contributed by atoms with Gasteiger partial charge in [0.25, 0.3) is 0 Å². The molecule has 78 valence electrons. The Morgan fingerprint density at radius 3 is 2.73 bits per heavy atom. The predicted molar refractivity (Wildman–Crippen MR) is 58.8 cm³/mol. The van der Waals surface area contributed by atoms with Crippen LogP contribution in [0.4, 0.5) is 0 Å². The van der Waals surface area contributed by atoms with Gasteiger partial charge in [0.2, 0.25) is 0 Å². The molecule has 0 aliphatic carbocycles. The quantitative estimate of drug-likeness (QED) is 0.700. The molecule has 1 heterocycles. The first-order valence-electron chi connectivity index (χ1n) is 4.40. The molecule has 1 aromatic heterocycles. The second kappa shape index (κ2) is 3.59. The fourth-order valence-corrected chi connectivity index (χ4v) is 1.71. The fraction of sp³-hybridized carbons (Fsp3) is 0.182. The number of methoxy groups -OCH3 is 1. The minimum atomic E-state index is -0.374. The molecular formula is C11H9ClO3. The third kappa shape index (κ3) is 1.70. The molecule has 2 aromatic rings. The maximum Gasteiger partial charge on any atom is 0.336 e. The highest BCUT2D eigenvalue weighted by atomic mass is 35.5. The van der Waals surface area contributed by atoms with Gasteiger partial charge in [0.1, 0.15) is 11.3 Å². The smallest absolute Gasteiger partial charge is 0.336 e. The van der Waals surface area contributed by atoms with Crippen LogP contribution in [-0.4, -0.2) is 7.11 Å². The first-order chi connectivity index (χ1) is 7.11. The SMILES string of the molecule is COc1cc2c(C)cc(=O)oc2cc1Cl. The van der Waals surface area contributed by atoms with Crippen molar-refractivity contribution in [1.82, 2.24) is 0 Å². The summed E-state index contributed by atoms with van der Waals surface area (Å²) < 4.78 is 10.1. The summed E-state index contributed by atoms with van der Waals surface area (Å²) in [6.45, 7) is 1.84. The number of hydrogen-bond donors (Lipinski definition) is 0. The number of hydrogen-bond acceptors (Lipinski definition) is 3. The molecule has 0 spiro atoms. The van der Waals surface area contributed by atoms with Crippen molar-refractivity contribution >= 4 is 22.6 Å². The maximum atomic E-state index is 11.1. The average Bonchev–Trinajstić information content (AvgIpc) is 2.16. The third-order valence-corrected chi connectivity index (χ3v) is 2.52. The van der Waals surface area contributed by atoms with Crippen molar-refractivity contribution < 1.29 is 9.15 Å². The van der Waals surface area contributed by atoms with E-state index in [0.29, 0.717) is 16.4 Å². The lowest BCUT2D eigenvalue weighted by atomic mass is 10.1. The predicted octanol–water partition coefficient (Wildman–Crippen LogP) is 2.76. The molecule has 1 aromatic carbocycles. The van der Waals surface area contributed by atoms with E-state index in [4.69, 9.17) is 20.8 Å². The lowest BCUT2D eigenvalue weighted by molar-refractivity contribution is 0.415. The Kier molecular flexibility index (Phi) is 2.40. The van der Waals surface area contributed by atoms with Gasteiger partial charge in [0.05, 0.1) is 12.1 Å². The minimum absolute atomic E-state index is 0.374. The Balaban J connectivity index is 2.87. The van der Waals surface area contributed by atoms with Crippen molar-refractivity contribution in [2.45, 2.75) is 6.92 Å². The van der Waals surface area contributed by atoms with Gasteiger partial charge in [-0.2, -0.15) is 0 Å². The van der Waals surface area contributed by atoms with E-state index in [1.54, 1.807) is 19.2 Å². The largest absolute Gasteiger partial charge is 0.495 e. The van der Waals surface area contributed by atoms with Crippen molar-refractivity contribution in [3.63, 3.8) is 0 Å². The molecule has 0 radical (unpaired) electrons. The van der Waals surface area contributed by atoms with Crippen LogP contribution in [0.15, 0.2) is 27.4 Å². The Morgan fingerprint density at radius 2 is 2.07 bits per heavy atom.